The Morgan fingerprint density at radius 1 is 0.871 bits per heavy atom. The van der Waals surface area contributed by atoms with Crippen molar-refractivity contribution in [3.63, 3.8) is 0 Å². The summed E-state index contributed by atoms with van der Waals surface area (Å²) in [6, 6.07) is 15.1. The maximum Gasteiger partial charge on any atom is 0.291 e. The second kappa shape index (κ2) is 10.7. The van der Waals surface area contributed by atoms with Gasteiger partial charge in [-0.25, -0.2) is 0 Å². The molecule has 2 amide bonds. The number of furan rings is 1. The molecule has 0 aliphatic rings. The molecule has 8 nitrogen and oxygen atoms in total. The molecular formula is C23H24N2O6. The topological polar surface area (TPSA) is 99.0 Å². The number of ether oxygens (including phenoxy) is 3. The summed E-state index contributed by atoms with van der Waals surface area (Å²) in [6.45, 7) is 4.54. The maximum atomic E-state index is 12.4. The van der Waals surface area contributed by atoms with E-state index in [1.54, 1.807) is 54.6 Å². The van der Waals surface area contributed by atoms with Crippen LogP contribution in [-0.2, 0) is 4.79 Å². The van der Waals surface area contributed by atoms with Crippen LogP contribution in [0.4, 0.5) is 11.4 Å². The Morgan fingerprint density at radius 3 is 2.29 bits per heavy atom. The Kier molecular flexibility index (Phi) is 7.53. The van der Waals surface area contributed by atoms with E-state index in [1.807, 2.05) is 13.8 Å². The average Bonchev–Trinajstić information content (AvgIpc) is 3.31. The van der Waals surface area contributed by atoms with Crippen LogP contribution in [0.15, 0.2) is 65.3 Å². The summed E-state index contributed by atoms with van der Waals surface area (Å²) in [5.41, 5.74) is 1.09. The molecule has 0 bridgehead atoms. The van der Waals surface area contributed by atoms with Gasteiger partial charge in [0.05, 0.1) is 25.2 Å². The van der Waals surface area contributed by atoms with Crippen LogP contribution in [0.3, 0.4) is 0 Å². The molecule has 162 valence electrons. The largest absolute Gasteiger partial charge is 0.494 e. The minimum atomic E-state index is -0.350. The number of carbonyl (C=O) groups excluding carboxylic acids is 2. The number of hydrogen-bond donors (Lipinski definition) is 2. The molecule has 0 radical (unpaired) electrons. The van der Waals surface area contributed by atoms with Crippen molar-refractivity contribution in [2.75, 3.05) is 30.5 Å². The number of benzene rings is 2. The summed E-state index contributed by atoms with van der Waals surface area (Å²) in [5.74, 6) is 1.20. The van der Waals surface area contributed by atoms with E-state index in [9.17, 15) is 9.59 Å². The normalized spacial score (nSPS) is 10.3. The van der Waals surface area contributed by atoms with E-state index in [4.69, 9.17) is 18.6 Å². The van der Waals surface area contributed by atoms with E-state index >= 15 is 0 Å². The summed E-state index contributed by atoms with van der Waals surface area (Å²) >= 11 is 0. The quantitative estimate of drug-likeness (QED) is 0.502. The van der Waals surface area contributed by atoms with Crippen molar-refractivity contribution in [3.05, 3.63) is 66.6 Å². The van der Waals surface area contributed by atoms with Gasteiger partial charge in [0.2, 0.25) is 0 Å². The van der Waals surface area contributed by atoms with E-state index in [0.717, 1.165) is 0 Å². The van der Waals surface area contributed by atoms with Gasteiger partial charge in [0.15, 0.2) is 12.4 Å². The number of hydrogen-bond acceptors (Lipinski definition) is 6. The van der Waals surface area contributed by atoms with Crippen molar-refractivity contribution in [2.24, 2.45) is 0 Å². The summed E-state index contributed by atoms with van der Waals surface area (Å²) in [6.07, 6.45) is 1.43. The lowest BCUT2D eigenvalue weighted by Gasteiger charge is -2.14. The van der Waals surface area contributed by atoms with Crippen molar-refractivity contribution < 1.29 is 28.2 Å². The van der Waals surface area contributed by atoms with Gasteiger partial charge in [-0.3, -0.25) is 9.59 Å². The third-order valence-corrected chi connectivity index (χ3v) is 4.06. The first kappa shape index (κ1) is 21.8. The standard InChI is InChI=1S/C23H24N2O6/c1-3-28-18-11-12-20(29-4-2)19(14-18)25-22(26)15-31-17-9-7-16(8-10-17)24-23(27)21-6-5-13-30-21/h5-14H,3-4,15H2,1-2H3,(H,24,27)(H,25,26). The summed E-state index contributed by atoms with van der Waals surface area (Å²) in [5, 5.41) is 5.49. The predicted octanol–water partition coefficient (Wildman–Crippen LogP) is 4.35. The fourth-order valence-corrected chi connectivity index (χ4v) is 2.71. The van der Waals surface area contributed by atoms with Crippen LogP contribution < -0.4 is 24.8 Å². The van der Waals surface area contributed by atoms with E-state index < -0.39 is 0 Å². The molecule has 0 saturated carbocycles. The van der Waals surface area contributed by atoms with Gasteiger partial charge < -0.3 is 29.3 Å². The maximum absolute atomic E-state index is 12.4. The highest BCUT2D eigenvalue weighted by Crippen LogP contribution is 2.29. The van der Waals surface area contributed by atoms with E-state index in [0.29, 0.717) is 41.8 Å². The zero-order valence-corrected chi connectivity index (χ0v) is 17.3. The molecular weight excluding hydrogens is 400 g/mol. The highest BCUT2D eigenvalue weighted by atomic mass is 16.5. The van der Waals surface area contributed by atoms with Crippen LogP contribution in [0.1, 0.15) is 24.4 Å². The van der Waals surface area contributed by atoms with Gasteiger partial charge in [0.1, 0.15) is 17.2 Å². The third kappa shape index (κ3) is 6.27. The van der Waals surface area contributed by atoms with Gasteiger partial charge in [0, 0.05) is 11.8 Å². The van der Waals surface area contributed by atoms with E-state index in [-0.39, 0.29) is 24.2 Å². The number of carbonyl (C=O) groups is 2. The minimum absolute atomic E-state index is 0.192. The van der Waals surface area contributed by atoms with Crippen molar-refractivity contribution in [1.82, 2.24) is 0 Å². The van der Waals surface area contributed by atoms with Crippen LogP contribution in [0.2, 0.25) is 0 Å². The second-order valence-corrected chi connectivity index (χ2v) is 6.32. The van der Waals surface area contributed by atoms with Crippen molar-refractivity contribution in [2.45, 2.75) is 13.8 Å². The molecule has 3 rings (SSSR count). The lowest BCUT2D eigenvalue weighted by Crippen LogP contribution is -2.20. The van der Waals surface area contributed by atoms with E-state index in [2.05, 4.69) is 10.6 Å². The monoisotopic (exact) mass is 424 g/mol. The Hall–Kier alpha value is -3.94. The first-order valence-electron chi connectivity index (χ1n) is 9.86. The smallest absolute Gasteiger partial charge is 0.291 e. The number of anilines is 2. The summed E-state index contributed by atoms with van der Waals surface area (Å²) in [4.78, 5) is 24.3. The molecule has 2 N–H and O–H groups in total. The zero-order valence-electron chi connectivity index (χ0n) is 17.3. The second-order valence-electron chi connectivity index (χ2n) is 6.32. The molecule has 1 aromatic heterocycles. The van der Waals surface area contributed by atoms with Crippen molar-refractivity contribution in [3.8, 4) is 17.2 Å². The molecule has 2 aromatic carbocycles. The summed E-state index contributed by atoms with van der Waals surface area (Å²) in [7, 11) is 0. The zero-order chi connectivity index (χ0) is 22.1. The van der Waals surface area contributed by atoms with Gasteiger partial charge in [0.25, 0.3) is 11.8 Å². The van der Waals surface area contributed by atoms with Gasteiger partial charge in [-0.15, -0.1) is 0 Å². The minimum Gasteiger partial charge on any atom is -0.494 e. The number of nitrogens with one attached hydrogen (secondary N) is 2. The molecule has 0 aliphatic heterocycles. The fraction of sp³-hybridized carbons (Fsp3) is 0.217. The van der Waals surface area contributed by atoms with Gasteiger partial charge in [-0.05, 0) is 62.4 Å². The van der Waals surface area contributed by atoms with Crippen LogP contribution in [0.25, 0.3) is 0 Å². The lowest BCUT2D eigenvalue weighted by atomic mass is 10.2. The van der Waals surface area contributed by atoms with Crippen LogP contribution in [-0.4, -0.2) is 31.6 Å². The molecule has 0 aliphatic carbocycles. The van der Waals surface area contributed by atoms with Crippen molar-refractivity contribution in [1.29, 1.82) is 0 Å². The SMILES string of the molecule is CCOc1ccc(OCC)c(NC(=O)COc2ccc(NC(=O)c3ccco3)cc2)c1. The number of rotatable bonds is 10. The first-order valence-corrected chi connectivity index (χ1v) is 9.86. The molecule has 31 heavy (non-hydrogen) atoms. The molecule has 3 aromatic rings. The van der Waals surface area contributed by atoms with Crippen LogP contribution in [0, 0.1) is 0 Å². The highest BCUT2D eigenvalue weighted by Gasteiger charge is 2.11. The molecule has 0 saturated heterocycles. The Morgan fingerprint density at radius 2 is 1.61 bits per heavy atom. The molecule has 0 atom stereocenters. The third-order valence-electron chi connectivity index (χ3n) is 4.06. The first-order chi connectivity index (χ1) is 15.1. The molecule has 8 heteroatoms. The van der Waals surface area contributed by atoms with Gasteiger partial charge in [-0.1, -0.05) is 0 Å². The molecule has 0 fully saturated rings. The van der Waals surface area contributed by atoms with Crippen LogP contribution >= 0.6 is 0 Å². The Labute approximate surface area is 180 Å². The Bertz CT molecular complexity index is 999. The molecule has 0 unspecified atom stereocenters. The lowest BCUT2D eigenvalue weighted by molar-refractivity contribution is -0.118. The van der Waals surface area contributed by atoms with E-state index in [1.165, 1.54) is 6.26 Å². The number of amides is 2. The highest BCUT2D eigenvalue weighted by molar-refractivity contribution is 6.02. The van der Waals surface area contributed by atoms with Gasteiger partial charge >= 0.3 is 0 Å². The van der Waals surface area contributed by atoms with Crippen LogP contribution in [0.5, 0.6) is 17.2 Å². The molecule has 0 spiro atoms. The summed E-state index contributed by atoms with van der Waals surface area (Å²) < 4.78 is 21.6. The Balaban J connectivity index is 1.54. The predicted molar refractivity (Wildman–Crippen MR) is 116 cm³/mol. The average molecular weight is 424 g/mol. The van der Waals surface area contributed by atoms with Gasteiger partial charge in [-0.2, -0.15) is 0 Å². The van der Waals surface area contributed by atoms with Crippen molar-refractivity contribution >= 4 is 23.2 Å². The fourth-order valence-electron chi connectivity index (χ4n) is 2.71. The molecule has 1 heterocycles.